The van der Waals surface area contributed by atoms with Gasteiger partial charge in [0.25, 0.3) is 0 Å². The van der Waals surface area contributed by atoms with Gasteiger partial charge < -0.3 is 9.84 Å². The molecule has 0 aromatic carbocycles. The Bertz CT molecular complexity index is 44.3. The van der Waals surface area contributed by atoms with Crippen LogP contribution in [-0.2, 0) is 4.74 Å². The second-order valence-electron chi connectivity index (χ2n) is 1.73. The molecule has 0 spiro atoms. The minimum atomic E-state index is 0.209. The van der Waals surface area contributed by atoms with Crippen molar-refractivity contribution in [2.45, 2.75) is 12.8 Å². The third-order valence-electron chi connectivity index (χ3n) is 0.869. The Balaban J connectivity index is 2.60. The van der Waals surface area contributed by atoms with E-state index in [1.165, 1.54) is 0 Å². The SMILES string of the molecule is OCCCOCCCCl. The summed E-state index contributed by atoms with van der Waals surface area (Å²) >= 11 is 5.38. The average molecular weight is 153 g/mol. The van der Waals surface area contributed by atoms with E-state index in [1.54, 1.807) is 0 Å². The zero-order chi connectivity index (χ0) is 6.95. The van der Waals surface area contributed by atoms with Crippen LogP contribution in [0.5, 0.6) is 0 Å². The van der Waals surface area contributed by atoms with E-state index < -0.39 is 0 Å². The second-order valence-corrected chi connectivity index (χ2v) is 2.11. The first kappa shape index (κ1) is 9.21. The van der Waals surface area contributed by atoms with Gasteiger partial charge in [0.2, 0.25) is 0 Å². The first-order valence-electron chi connectivity index (χ1n) is 3.16. The highest BCUT2D eigenvalue weighted by Crippen LogP contribution is 1.87. The summed E-state index contributed by atoms with van der Waals surface area (Å²) in [6.07, 6.45) is 1.62. The Morgan fingerprint density at radius 3 is 2.44 bits per heavy atom. The molecule has 0 aliphatic rings. The van der Waals surface area contributed by atoms with Crippen LogP contribution in [0.2, 0.25) is 0 Å². The third-order valence-corrected chi connectivity index (χ3v) is 1.14. The van der Waals surface area contributed by atoms with Gasteiger partial charge in [-0.05, 0) is 12.8 Å². The largest absolute Gasteiger partial charge is 0.396 e. The number of aliphatic hydroxyl groups is 1. The Morgan fingerprint density at radius 2 is 1.89 bits per heavy atom. The van der Waals surface area contributed by atoms with Gasteiger partial charge in [0.15, 0.2) is 0 Å². The first-order valence-corrected chi connectivity index (χ1v) is 3.70. The Kier molecular flexibility index (Phi) is 8.40. The maximum absolute atomic E-state index is 8.32. The molecule has 0 aliphatic heterocycles. The van der Waals surface area contributed by atoms with E-state index in [-0.39, 0.29) is 6.61 Å². The minimum Gasteiger partial charge on any atom is -0.396 e. The molecule has 0 fully saturated rings. The summed E-state index contributed by atoms with van der Waals surface area (Å²) < 4.78 is 5.07. The van der Waals surface area contributed by atoms with Crippen LogP contribution in [0.15, 0.2) is 0 Å². The van der Waals surface area contributed by atoms with Crippen molar-refractivity contribution in [1.29, 1.82) is 0 Å². The topological polar surface area (TPSA) is 29.5 Å². The van der Waals surface area contributed by atoms with Crippen molar-refractivity contribution in [3.63, 3.8) is 0 Å². The minimum absolute atomic E-state index is 0.209. The fraction of sp³-hybridized carbons (Fsp3) is 1.00. The summed E-state index contributed by atoms with van der Waals surface area (Å²) in [5.74, 6) is 0.652. The zero-order valence-corrected chi connectivity index (χ0v) is 6.23. The van der Waals surface area contributed by atoms with Gasteiger partial charge in [-0.1, -0.05) is 0 Å². The van der Waals surface area contributed by atoms with Gasteiger partial charge in [0.1, 0.15) is 0 Å². The molecule has 0 heterocycles. The van der Waals surface area contributed by atoms with Gasteiger partial charge in [-0.25, -0.2) is 0 Å². The summed E-state index contributed by atoms with van der Waals surface area (Å²) in [6.45, 7) is 1.57. The molecule has 0 rings (SSSR count). The van der Waals surface area contributed by atoms with E-state index in [9.17, 15) is 0 Å². The molecular formula is C6H13ClO2. The molecule has 0 unspecified atom stereocenters. The van der Waals surface area contributed by atoms with Crippen LogP contribution < -0.4 is 0 Å². The fourth-order valence-electron chi connectivity index (χ4n) is 0.425. The molecule has 3 heteroatoms. The summed E-state index contributed by atoms with van der Waals surface area (Å²) in [4.78, 5) is 0. The molecule has 0 radical (unpaired) electrons. The maximum atomic E-state index is 8.32. The van der Waals surface area contributed by atoms with Crippen molar-refractivity contribution in [2.75, 3.05) is 25.7 Å². The van der Waals surface area contributed by atoms with E-state index in [1.807, 2.05) is 0 Å². The molecule has 0 aromatic heterocycles. The monoisotopic (exact) mass is 152 g/mol. The maximum Gasteiger partial charge on any atom is 0.0487 e. The van der Waals surface area contributed by atoms with E-state index in [0.29, 0.717) is 19.1 Å². The molecule has 0 amide bonds. The number of hydrogen-bond donors (Lipinski definition) is 1. The lowest BCUT2D eigenvalue weighted by Gasteiger charge is -1.98. The van der Waals surface area contributed by atoms with Crippen LogP contribution in [0, 0.1) is 0 Å². The molecule has 0 atom stereocenters. The highest BCUT2D eigenvalue weighted by Gasteiger charge is 1.85. The zero-order valence-electron chi connectivity index (χ0n) is 5.48. The first-order chi connectivity index (χ1) is 4.41. The van der Waals surface area contributed by atoms with Crippen molar-refractivity contribution >= 4 is 11.6 Å². The molecule has 0 saturated heterocycles. The Hall–Kier alpha value is 0.210. The van der Waals surface area contributed by atoms with Crippen molar-refractivity contribution in [2.24, 2.45) is 0 Å². The van der Waals surface area contributed by atoms with Gasteiger partial charge in [0, 0.05) is 25.7 Å². The predicted molar refractivity (Wildman–Crippen MR) is 37.9 cm³/mol. The van der Waals surface area contributed by atoms with Crippen LogP contribution in [0.1, 0.15) is 12.8 Å². The van der Waals surface area contributed by atoms with Crippen LogP contribution in [0.4, 0.5) is 0 Å². The lowest BCUT2D eigenvalue weighted by atomic mass is 10.5. The molecule has 0 aliphatic carbocycles. The van der Waals surface area contributed by atoms with Gasteiger partial charge in [-0.15, -0.1) is 11.6 Å². The Labute approximate surface area is 60.8 Å². The lowest BCUT2D eigenvalue weighted by Crippen LogP contribution is -1.99. The standard InChI is InChI=1S/C6H13ClO2/c7-3-1-5-9-6-2-4-8/h8H,1-6H2. The molecule has 56 valence electrons. The lowest BCUT2D eigenvalue weighted by molar-refractivity contribution is 0.117. The highest BCUT2D eigenvalue weighted by molar-refractivity contribution is 6.17. The van der Waals surface area contributed by atoms with E-state index in [2.05, 4.69) is 0 Å². The second kappa shape index (κ2) is 8.21. The average Bonchev–Trinajstić information content (AvgIpc) is 1.89. The van der Waals surface area contributed by atoms with Gasteiger partial charge >= 0.3 is 0 Å². The van der Waals surface area contributed by atoms with Gasteiger partial charge in [0.05, 0.1) is 0 Å². The predicted octanol–water partition coefficient (Wildman–Crippen LogP) is 1.01. The van der Waals surface area contributed by atoms with E-state index >= 15 is 0 Å². The van der Waals surface area contributed by atoms with Crippen molar-refractivity contribution in [3.8, 4) is 0 Å². The summed E-state index contributed by atoms with van der Waals surface area (Å²) in [6, 6.07) is 0. The molecule has 2 nitrogen and oxygen atoms in total. The summed E-state index contributed by atoms with van der Waals surface area (Å²) in [7, 11) is 0. The highest BCUT2D eigenvalue weighted by atomic mass is 35.5. The number of rotatable bonds is 6. The van der Waals surface area contributed by atoms with Crippen LogP contribution >= 0.6 is 11.6 Å². The summed E-state index contributed by atoms with van der Waals surface area (Å²) in [5.41, 5.74) is 0. The number of aliphatic hydroxyl groups excluding tert-OH is 1. The van der Waals surface area contributed by atoms with Crippen molar-refractivity contribution in [1.82, 2.24) is 0 Å². The van der Waals surface area contributed by atoms with Gasteiger partial charge in [-0.2, -0.15) is 0 Å². The van der Waals surface area contributed by atoms with Crippen LogP contribution in [0.3, 0.4) is 0 Å². The smallest absolute Gasteiger partial charge is 0.0487 e. The Morgan fingerprint density at radius 1 is 1.22 bits per heavy atom. The van der Waals surface area contributed by atoms with E-state index in [4.69, 9.17) is 21.4 Å². The number of ether oxygens (including phenoxy) is 1. The quantitative estimate of drug-likeness (QED) is 0.455. The number of alkyl halides is 1. The molecule has 0 saturated carbocycles. The van der Waals surface area contributed by atoms with Crippen LogP contribution in [-0.4, -0.2) is 30.8 Å². The molecule has 9 heavy (non-hydrogen) atoms. The normalized spacial score (nSPS) is 10.0. The van der Waals surface area contributed by atoms with E-state index in [0.717, 1.165) is 12.8 Å². The molecule has 0 bridgehead atoms. The number of halogens is 1. The number of hydrogen-bond acceptors (Lipinski definition) is 2. The molecule has 1 N–H and O–H groups in total. The third kappa shape index (κ3) is 8.21. The van der Waals surface area contributed by atoms with Gasteiger partial charge in [-0.3, -0.25) is 0 Å². The van der Waals surface area contributed by atoms with Crippen LogP contribution in [0.25, 0.3) is 0 Å². The molecular weight excluding hydrogens is 140 g/mol. The molecule has 0 aromatic rings. The summed E-state index contributed by atoms with van der Waals surface area (Å²) in [5, 5.41) is 8.32. The van der Waals surface area contributed by atoms with Crippen molar-refractivity contribution < 1.29 is 9.84 Å². The fourth-order valence-corrected chi connectivity index (χ4v) is 0.534. The van der Waals surface area contributed by atoms with Crippen molar-refractivity contribution in [3.05, 3.63) is 0 Å².